The van der Waals surface area contributed by atoms with E-state index in [0.717, 1.165) is 0 Å². The fourth-order valence-corrected chi connectivity index (χ4v) is 2.08. The van der Waals surface area contributed by atoms with Crippen LogP contribution in [0.25, 0.3) is 0 Å². The molecule has 0 spiro atoms. The van der Waals surface area contributed by atoms with Gasteiger partial charge in [-0.05, 0) is 27.7 Å². The molecule has 1 rings (SSSR count). The first kappa shape index (κ1) is 20.4. The van der Waals surface area contributed by atoms with Crippen LogP contribution < -0.4 is 0 Å². The summed E-state index contributed by atoms with van der Waals surface area (Å²) in [6.07, 6.45) is -1.86. The molecule has 0 radical (unpaired) electrons. The SMILES string of the molecule is CCOC(OCC)C(=O)c1ccc(C(=O)C(OCC)OCC)cc1. The lowest BCUT2D eigenvalue weighted by atomic mass is 10.0. The molecule has 0 bridgehead atoms. The number of benzene rings is 1. The van der Waals surface area contributed by atoms with Crippen molar-refractivity contribution in [2.45, 2.75) is 40.3 Å². The van der Waals surface area contributed by atoms with Crippen molar-refractivity contribution in [2.24, 2.45) is 0 Å². The number of ether oxygens (including phenoxy) is 4. The van der Waals surface area contributed by atoms with E-state index in [0.29, 0.717) is 37.6 Å². The minimum absolute atomic E-state index is 0.274. The van der Waals surface area contributed by atoms with E-state index >= 15 is 0 Å². The van der Waals surface area contributed by atoms with Crippen molar-refractivity contribution < 1.29 is 28.5 Å². The van der Waals surface area contributed by atoms with Gasteiger partial charge in [0, 0.05) is 37.6 Å². The number of hydrogen-bond acceptors (Lipinski definition) is 6. The molecule has 0 fully saturated rings. The molecule has 0 atom stereocenters. The topological polar surface area (TPSA) is 71.1 Å². The zero-order valence-electron chi connectivity index (χ0n) is 14.7. The molecule has 0 aliphatic carbocycles. The van der Waals surface area contributed by atoms with Crippen molar-refractivity contribution in [3.63, 3.8) is 0 Å². The average molecular weight is 338 g/mol. The summed E-state index contributed by atoms with van der Waals surface area (Å²) in [5, 5.41) is 0. The van der Waals surface area contributed by atoms with E-state index in [1.165, 1.54) is 0 Å². The molecule has 24 heavy (non-hydrogen) atoms. The Balaban J connectivity index is 2.87. The lowest BCUT2D eigenvalue weighted by molar-refractivity contribution is -0.107. The molecular weight excluding hydrogens is 312 g/mol. The minimum Gasteiger partial charge on any atom is -0.346 e. The molecule has 0 amide bonds. The molecule has 0 saturated heterocycles. The number of Topliss-reactive ketones (excluding diaryl/α,β-unsaturated/α-hetero) is 2. The molecule has 6 nitrogen and oxygen atoms in total. The maximum Gasteiger partial charge on any atom is 0.222 e. The fourth-order valence-electron chi connectivity index (χ4n) is 2.08. The summed E-state index contributed by atoms with van der Waals surface area (Å²) in [6.45, 7) is 8.67. The monoisotopic (exact) mass is 338 g/mol. The predicted molar refractivity (Wildman–Crippen MR) is 89.2 cm³/mol. The quantitative estimate of drug-likeness (QED) is 0.431. The molecule has 1 aromatic rings. The smallest absolute Gasteiger partial charge is 0.222 e. The Kier molecular flexibility index (Phi) is 9.41. The van der Waals surface area contributed by atoms with E-state index in [2.05, 4.69) is 0 Å². The summed E-state index contributed by atoms with van der Waals surface area (Å²) in [5.74, 6) is -0.548. The Hall–Kier alpha value is -1.60. The van der Waals surface area contributed by atoms with E-state index in [-0.39, 0.29) is 11.6 Å². The molecule has 0 aromatic heterocycles. The minimum atomic E-state index is -0.929. The maximum absolute atomic E-state index is 12.4. The zero-order chi connectivity index (χ0) is 17.9. The van der Waals surface area contributed by atoms with Crippen LogP contribution >= 0.6 is 0 Å². The third kappa shape index (κ3) is 5.79. The molecule has 0 aliphatic rings. The molecule has 0 saturated carbocycles. The molecule has 0 heterocycles. The van der Waals surface area contributed by atoms with Crippen LogP contribution in [0, 0.1) is 0 Å². The highest BCUT2D eigenvalue weighted by atomic mass is 16.7. The number of carbonyl (C=O) groups excluding carboxylic acids is 2. The van der Waals surface area contributed by atoms with Crippen molar-refractivity contribution in [2.75, 3.05) is 26.4 Å². The molecular formula is C18H26O6. The summed E-state index contributed by atoms with van der Waals surface area (Å²) >= 11 is 0. The Labute approximate surface area is 143 Å². The van der Waals surface area contributed by atoms with Crippen molar-refractivity contribution in [1.29, 1.82) is 0 Å². The van der Waals surface area contributed by atoms with Crippen molar-refractivity contribution in [3.8, 4) is 0 Å². The van der Waals surface area contributed by atoms with Crippen LogP contribution in [-0.4, -0.2) is 50.6 Å². The van der Waals surface area contributed by atoms with E-state index in [1.54, 1.807) is 52.0 Å². The lowest BCUT2D eigenvalue weighted by Gasteiger charge is -2.17. The molecule has 0 N–H and O–H groups in total. The Morgan fingerprint density at radius 2 is 0.917 bits per heavy atom. The van der Waals surface area contributed by atoms with Gasteiger partial charge in [-0.25, -0.2) is 0 Å². The van der Waals surface area contributed by atoms with Crippen LogP contribution in [0.15, 0.2) is 24.3 Å². The Bertz CT molecular complexity index is 452. The highest BCUT2D eigenvalue weighted by Crippen LogP contribution is 2.13. The fraction of sp³-hybridized carbons (Fsp3) is 0.556. The molecule has 0 unspecified atom stereocenters. The summed E-state index contributed by atoms with van der Waals surface area (Å²) in [5.41, 5.74) is 0.839. The van der Waals surface area contributed by atoms with Crippen LogP contribution in [0.3, 0.4) is 0 Å². The number of rotatable bonds is 12. The van der Waals surface area contributed by atoms with Crippen molar-refractivity contribution in [3.05, 3.63) is 35.4 Å². The van der Waals surface area contributed by atoms with Crippen LogP contribution in [0.4, 0.5) is 0 Å². The number of ketones is 2. The maximum atomic E-state index is 12.4. The van der Waals surface area contributed by atoms with Crippen LogP contribution in [0.5, 0.6) is 0 Å². The largest absolute Gasteiger partial charge is 0.346 e. The molecule has 6 heteroatoms. The van der Waals surface area contributed by atoms with Crippen molar-refractivity contribution in [1.82, 2.24) is 0 Å². The Morgan fingerprint density at radius 1 is 0.667 bits per heavy atom. The molecule has 1 aromatic carbocycles. The van der Waals surface area contributed by atoms with Gasteiger partial charge < -0.3 is 18.9 Å². The van der Waals surface area contributed by atoms with Crippen molar-refractivity contribution >= 4 is 11.6 Å². The normalized spacial score (nSPS) is 11.2. The average Bonchev–Trinajstić information content (AvgIpc) is 2.60. The van der Waals surface area contributed by atoms with Gasteiger partial charge in [0.15, 0.2) is 0 Å². The first-order valence-electron chi connectivity index (χ1n) is 8.23. The first-order valence-corrected chi connectivity index (χ1v) is 8.23. The van der Waals surface area contributed by atoms with E-state index < -0.39 is 12.6 Å². The third-order valence-electron chi connectivity index (χ3n) is 3.15. The highest BCUT2D eigenvalue weighted by Gasteiger charge is 2.23. The van der Waals surface area contributed by atoms with Gasteiger partial charge in [0.25, 0.3) is 0 Å². The first-order chi connectivity index (χ1) is 11.6. The van der Waals surface area contributed by atoms with Crippen LogP contribution in [0.1, 0.15) is 48.4 Å². The van der Waals surface area contributed by atoms with Gasteiger partial charge in [0.2, 0.25) is 24.1 Å². The predicted octanol–water partition coefficient (Wildman–Crippen LogP) is 2.85. The second-order valence-corrected chi connectivity index (χ2v) is 4.79. The second-order valence-electron chi connectivity index (χ2n) is 4.79. The molecule has 0 aliphatic heterocycles. The van der Waals surface area contributed by atoms with Gasteiger partial charge in [0.05, 0.1) is 0 Å². The van der Waals surface area contributed by atoms with E-state index in [9.17, 15) is 9.59 Å². The van der Waals surface area contributed by atoms with Gasteiger partial charge in [0.1, 0.15) is 0 Å². The van der Waals surface area contributed by atoms with Gasteiger partial charge in [-0.2, -0.15) is 0 Å². The van der Waals surface area contributed by atoms with E-state index in [1.807, 2.05) is 0 Å². The molecule has 134 valence electrons. The van der Waals surface area contributed by atoms with Gasteiger partial charge in [-0.1, -0.05) is 24.3 Å². The highest BCUT2D eigenvalue weighted by molar-refractivity contribution is 6.02. The van der Waals surface area contributed by atoms with Gasteiger partial charge >= 0.3 is 0 Å². The number of carbonyl (C=O) groups is 2. The summed E-state index contributed by atoms with van der Waals surface area (Å²) in [7, 11) is 0. The summed E-state index contributed by atoms with van der Waals surface area (Å²) < 4.78 is 21.2. The van der Waals surface area contributed by atoms with Gasteiger partial charge in [-0.15, -0.1) is 0 Å². The Morgan fingerprint density at radius 3 is 1.12 bits per heavy atom. The van der Waals surface area contributed by atoms with E-state index in [4.69, 9.17) is 18.9 Å². The van der Waals surface area contributed by atoms with Crippen LogP contribution in [-0.2, 0) is 18.9 Å². The lowest BCUT2D eigenvalue weighted by Crippen LogP contribution is -2.29. The second kappa shape index (κ2) is 11.0. The third-order valence-corrected chi connectivity index (χ3v) is 3.15. The van der Waals surface area contributed by atoms with Crippen LogP contribution in [0.2, 0.25) is 0 Å². The summed E-state index contributed by atoms with van der Waals surface area (Å²) in [6, 6.07) is 6.32. The zero-order valence-corrected chi connectivity index (χ0v) is 14.7. The van der Waals surface area contributed by atoms with Gasteiger partial charge in [-0.3, -0.25) is 9.59 Å². The summed E-state index contributed by atoms with van der Waals surface area (Å²) in [4.78, 5) is 24.7. The number of hydrogen-bond donors (Lipinski definition) is 0. The standard InChI is InChI=1S/C18H26O6/c1-5-21-17(22-6-2)15(19)13-9-11-14(12-10-13)16(20)18(23-7-3)24-8-4/h9-12,17-18H,5-8H2,1-4H3.